The summed E-state index contributed by atoms with van der Waals surface area (Å²) in [6, 6.07) is 0. The normalized spacial score (nSPS) is 42.4. The van der Waals surface area contributed by atoms with Crippen LogP contribution in [0.25, 0.3) is 0 Å². The average molecular weight is 356 g/mol. The number of fused-ring (bicyclic) bond motifs is 3. The van der Waals surface area contributed by atoms with Crippen molar-refractivity contribution in [1.29, 1.82) is 0 Å². The number of methoxy groups -OCH3 is 1. The Morgan fingerprint density at radius 3 is 2.65 bits per heavy atom. The summed E-state index contributed by atoms with van der Waals surface area (Å²) in [5, 5.41) is 0. The fourth-order valence-electron chi connectivity index (χ4n) is 6.04. The number of ketones is 2. The molecule has 1 heterocycles. The molecule has 4 nitrogen and oxygen atoms in total. The molecule has 0 aromatic rings. The lowest BCUT2D eigenvalue weighted by atomic mass is 9.44. The van der Waals surface area contributed by atoms with Gasteiger partial charge in [-0.3, -0.25) is 9.59 Å². The third-order valence-electron chi connectivity index (χ3n) is 8.00. The van der Waals surface area contributed by atoms with Gasteiger partial charge in [0, 0.05) is 11.5 Å². The molecule has 0 N–H and O–H groups in total. The van der Waals surface area contributed by atoms with E-state index < -0.39 is 5.60 Å². The maximum atomic E-state index is 12.9. The third kappa shape index (κ3) is 2.02. The van der Waals surface area contributed by atoms with Crippen LogP contribution in [0.3, 0.4) is 0 Å². The van der Waals surface area contributed by atoms with Gasteiger partial charge >= 0.3 is 0 Å². The van der Waals surface area contributed by atoms with Gasteiger partial charge in [0.2, 0.25) is 11.6 Å². The van der Waals surface area contributed by atoms with Gasteiger partial charge in [-0.15, -0.1) is 0 Å². The Labute approximate surface area is 155 Å². The lowest BCUT2D eigenvalue weighted by molar-refractivity contribution is -0.192. The van der Waals surface area contributed by atoms with Gasteiger partial charge in [0.05, 0.1) is 12.7 Å². The molecule has 4 heteroatoms. The fourth-order valence-corrected chi connectivity index (χ4v) is 6.04. The molecule has 0 radical (unpaired) electrons. The number of allylic oxidation sites excluding steroid dienone is 3. The molecule has 0 aromatic carbocycles. The van der Waals surface area contributed by atoms with Crippen molar-refractivity contribution in [3.05, 3.63) is 35.3 Å². The summed E-state index contributed by atoms with van der Waals surface area (Å²) < 4.78 is 11.5. The van der Waals surface area contributed by atoms with Gasteiger partial charge in [-0.2, -0.15) is 0 Å². The van der Waals surface area contributed by atoms with E-state index in [2.05, 4.69) is 27.4 Å². The van der Waals surface area contributed by atoms with Crippen LogP contribution in [-0.4, -0.2) is 24.3 Å². The van der Waals surface area contributed by atoms with Crippen molar-refractivity contribution in [3.8, 4) is 0 Å². The van der Waals surface area contributed by atoms with E-state index in [1.165, 1.54) is 18.8 Å². The van der Waals surface area contributed by atoms with Gasteiger partial charge in [0.25, 0.3) is 0 Å². The maximum absolute atomic E-state index is 12.9. The average Bonchev–Trinajstić information content (AvgIpc) is 2.60. The highest BCUT2D eigenvalue weighted by atomic mass is 16.5. The van der Waals surface area contributed by atoms with Gasteiger partial charge in [-0.25, -0.2) is 0 Å². The second-order valence-corrected chi connectivity index (χ2v) is 9.11. The largest absolute Gasteiger partial charge is 0.493 e. The van der Waals surface area contributed by atoms with Crippen LogP contribution in [0, 0.1) is 16.7 Å². The van der Waals surface area contributed by atoms with Gasteiger partial charge in [0.15, 0.2) is 11.5 Å². The highest BCUT2D eigenvalue weighted by molar-refractivity contribution is 6.21. The zero-order valence-electron chi connectivity index (χ0n) is 16.2. The number of carbonyl (C=O) groups excluding carboxylic acids is 2. The van der Waals surface area contributed by atoms with Crippen LogP contribution < -0.4 is 0 Å². The second-order valence-electron chi connectivity index (χ2n) is 9.11. The van der Waals surface area contributed by atoms with E-state index in [9.17, 15) is 9.59 Å². The zero-order chi connectivity index (χ0) is 18.9. The van der Waals surface area contributed by atoms with Gasteiger partial charge in [-0.1, -0.05) is 26.0 Å². The second kappa shape index (κ2) is 5.34. The number of rotatable bonds is 1. The van der Waals surface area contributed by atoms with Crippen molar-refractivity contribution in [1.82, 2.24) is 0 Å². The first-order chi connectivity index (χ1) is 12.2. The van der Waals surface area contributed by atoms with Crippen molar-refractivity contribution in [2.24, 2.45) is 16.7 Å². The molecule has 4 aliphatic rings. The summed E-state index contributed by atoms with van der Waals surface area (Å²) in [7, 11) is 1.43. The molecule has 4 atom stereocenters. The third-order valence-corrected chi connectivity index (χ3v) is 8.00. The lowest BCUT2D eigenvalue weighted by Gasteiger charge is -2.64. The summed E-state index contributed by atoms with van der Waals surface area (Å²) in [6.45, 7) is 11.1. The first-order valence-electron chi connectivity index (χ1n) is 9.61. The standard InChI is InChI=1S/C22H28O4/c1-13-7-6-8-17-20(13,2)9-10-22(4)21(17,3)12-14-18(24)16(25-5)11-15(23)19(14)26-22/h11,17H,1,6-10,12H2,2-5H3/t17?,20?,21-,22+/m0/s1. The number of hydrogen-bond acceptors (Lipinski definition) is 4. The molecule has 2 fully saturated rings. The predicted molar refractivity (Wildman–Crippen MR) is 98.2 cm³/mol. The molecule has 2 saturated carbocycles. The smallest absolute Gasteiger partial charge is 0.227 e. The molecular weight excluding hydrogens is 328 g/mol. The quantitative estimate of drug-likeness (QED) is 0.520. The Morgan fingerprint density at radius 1 is 1.23 bits per heavy atom. The predicted octanol–water partition coefficient (Wildman–Crippen LogP) is 4.26. The van der Waals surface area contributed by atoms with Crippen molar-refractivity contribution >= 4 is 11.6 Å². The number of Topliss-reactive ketones (excluding diaryl/α,β-unsaturated/α-hetero) is 1. The maximum Gasteiger partial charge on any atom is 0.227 e. The summed E-state index contributed by atoms with van der Waals surface area (Å²) in [4.78, 5) is 25.4. The van der Waals surface area contributed by atoms with Crippen LogP contribution >= 0.6 is 0 Å². The monoisotopic (exact) mass is 356 g/mol. The number of ether oxygens (including phenoxy) is 2. The van der Waals surface area contributed by atoms with Gasteiger partial charge in [-0.05, 0) is 56.8 Å². The van der Waals surface area contributed by atoms with Crippen LogP contribution in [0.5, 0.6) is 0 Å². The minimum atomic E-state index is -0.442. The number of hydrogen-bond donors (Lipinski definition) is 0. The molecule has 4 rings (SSSR count). The summed E-state index contributed by atoms with van der Waals surface area (Å²) in [6.07, 6.45) is 7.05. The minimum absolute atomic E-state index is 0.0790. The molecular formula is C22H28O4. The first-order valence-corrected chi connectivity index (χ1v) is 9.61. The van der Waals surface area contributed by atoms with E-state index in [4.69, 9.17) is 9.47 Å². The van der Waals surface area contributed by atoms with Crippen LogP contribution in [0.15, 0.2) is 35.3 Å². The van der Waals surface area contributed by atoms with Crippen molar-refractivity contribution in [3.63, 3.8) is 0 Å². The van der Waals surface area contributed by atoms with E-state index in [0.717, 1.165) is 32.1 Å². The molecule has 0 saturated heterocycles. The van der Waals surface area contributed by atoms with Gasteiger partial charge < -0.3 is 9.47 Å². The van der Waals surface area contributed by atoms with E-state index in [0.29, 0.717) is 17.9 Å². The lowest BCUT2D eigenvalue weighted by Crippen LogP contribution is -2.62. The van der Waals surface area contributed by atoms with E-state index >= 15 is 0 Å². The summed E-state index contributed by atoms with van der Waals surface area (Å²) >= 11 is 0. The first kappa shape index (κ1) is 17.6. The fraction of sp³-hybridized carbons (Fsp3) is 0.636. The Morgan fingerprint density at radius 2 is 1.96 bits per heavy atom. The molecule has 0 amide bonds. The van der Waals surface area contributed by atoms with Crippen LogP contribution in [-0.2, 0) is 19.1 Å². The highest BCUT2D eigenvalue weighted by Gasteiger charge is 2.64. The van der Waals surface area contributed by atoms with Crippen molar-refractivity contribution < 1.29 is 19.1 Å². The van der Waals surface area contributed by atoms with Crippen LogP contribution in [0.2, 0.25) is 0 Å². The molecule has 0 spiro atoms. The van der Waals surface area contributed by atoms with E-state index in [1.54, 1.807) is 0 Å². The Bertz CT molecular complexity index is 788. The summed E-state index contributed by atoms with van der Waals surface area (Å²) in [5.74, 6) is 0.308. The minimum Gasteiger partial charge on any atom is -0.493 e. The number of carbonyl (C=O) groups is 2. The molecule has 0 aromatic heterocycles. The van der Waals surface area contributed by atoms with Gasteiger partial charge in [0.1, 0.15) is 5.60 Å². The van der Waals surface area contributed by atoms with Crippen LogP contribution in [0.4, 0.5) is 0 Å². The topological polar surface area (TPSA) is 52.6 Å². The Balaban J connectivity index is 1.82. The molecule has 3 aliphatic carbocycles. The molecule has 1 aliphatic heterocycles. The molecule has 140 valence electrons. The Kier molecular flexibility index (Phi) is 3.61. The Hall–Kier alpha value is -1.84. The van der Waals surface area contributed by atoms with E-state index in [-0.39, 0.29) is 33.9 Å². The molecule has 26 heavy (non-hydrogen) atoms. The zero-order valence-corrected chi connectivity index (χ0v) is 16.2. The van der Waals surface area contributed by atoms with Crippen LogP contribution in [0.1, 0.15) is 59.3 Å². The van der Waals surface area contributed by atoms with Crippen molar-refractivity contribution in [2.45, 2.75) is 64.9 Å². The summed E-state index contributed by atoms with van der Waals surface area (Å²) in [5.41, 5.74) is 1.25. The van der Waals surface area contributed by atoms with Crippen molar-refractivity contribution in [2.75, 3.05) is 7.11 Å². The highest BCUT2D eigenvalue weighted by Crippen LogP contribution is 2.67. The molecule has 2 unspecified atom stereocenters. The molecule has 0 bridgehead atoms. The SMILES string of the molecule is C=C1CCCC2C1(C)CC[C@@]1(C)OC3=C(C[C@@]21C)C(=O)C(OC)=CC3=O. The van der Waals surface area contributed by atoms with E-state index in [1.807, 2.05) is 0 Å².